The molecule has 104 valence electrons. The first-order valence-electron chi connectivity index (χ1n) is 7.72. The molecule has 2 aliphatic rings. The average molecular weight is 258 g/mol. The number of hydrogen-bond donors (Lipinski definition) is 1. The van der Waals surface area contributed by atoms with Crippen molar-refractivity contribution in [3.8, 4) is 0 Å². The minimum absolute atomic E-state index is 0.705. The van der Waals surface area contributed by atoms with Crippen molar-refractivity contribution in [1.29, 1.82) is 0 Å². The molecule has 1 fully saturated rings. The Morgan fingerprint density at radius 2 is 1.84 bits per heavy atom. The third-order valence-electron chi connectivity index (χ3n) is 5.11. The number of fused-ring (bicyclic) bond motifs is 1. The number of nitrogens with two attached hydrogens (primary N) is 1. The lowest BCUT2D eigenvalue weighted by atomic mass is 9.80. The summed E-state index contributed by atoms with van der Waals surface area (Å²) in [6.07, 6.45) is 9.20. The molecule has 0 aliphatic heterocycles. The molecule has 19 heavy (non-hydrogen) atoms. The lowest BCUT2D eigenvalue weighted by Gasteiger charge is -2.32. The van der Waals surface area contributed by atoms with Gasteiger partial charge in [-0.15, -0.1) is 0 Å². The van der Waals surface area contributed by atoms with Crippen LogP contribution in [0.5, 0.6) is 0 Å². The molecule has 2 aliphatic carbocycles. The molecule has 0 aromatic heterocycles. The smallest absolute Gasteiger partial charge is 0.0319 e. The molecule has 2 N–H and O–H groups in total. The zero-order chi connectivity index (χ0) is 13.4. The molecule has 3 rings (SSSR count). The fourth-order valence-corrected chi connectivity index (χ4v) is 3.96. The molecule has 0 heterocycles. The van der Waals surface area contributed by atoms with Crippen LogP contribution in [0.1, 0.15) is 54.7 Å². The molecule has 0 radical (unpaired) electrons. The second-order valence-electron chi connectivity index (χ2n) is 6.59. The van der Waals surface area contributed by atoms with Crippen LogP contribution in [0, 0.1) is 0 Å². The monoisotopic (exact) mass is 258 g/mol. The quantitative estimate of drug-likeness (QED) is 0.824. The van der Waals surface area contributed by atoms with E-state index < -0.39 is 0 Å². The molecule has 1 atom stereocenters. The molecule has 1 aromatic carbocycles. The number of anilines is 1. The topological polar surface area (TPSA) is 29.3 Å². The van der Waals surface area contributed by atoms with E-state index >= 15 is 0 Å². The molecule has 1 aromatic rings. The third-order valence-corrected chi connectivity index (χ3v) is 5.11. The highest BCUT2D eigenvalue weighted by molar-refractivity contribution is 5.52. The second-order valence-corrected chi connectivity index (χ2v) is 6.59. The number of aryl methyl sites for hydroxylation is 1. The largest absolute Gasteiger partial charge is 0.399 e. The second kappa shape index (κ2) is 5.16. The van der Waals surface area contributed by atoms with Gasteiger partial charge in [0.25, 0.3) is 0 Å². The number of benzene rings is 1. The number of hydrogen-bond acceptors (Lipinski definition) is 2. The van der Waals surface area contributed by atoms with Crippen LogP contribution in [0.3, 0.4) is 0 Å². The van der Waals surface area contributed by atoms with Gasteiger partial charge in [-0.25, -0.2) is 0 Å². The standard InChI is InChI=1S/C17H26N2/c1-19(2)15-8-7-13-9-14(18)10-16(17(13)11-15)12-5-3-4-6-12/h9-10,12,15H,3-8,11,18H2,1-2H3. The fraction of sp³-hybridized carbons (Fsp3) is 0.647. The lowest BCUT2D eigenvalue weighted by molar-refractivity contribution is 0.267. The highest BCUT2D eigenvalue weighted by Gasteiger charge is 2.27. The predicted molar refractivity (Wildman–Crippen MR) is 81.6 cm³/mol. The van der Waals surface area contributed by atoms with E-state index in [-0.39, 0.29) is 0 Å². The Bertz CT molecular complexity index is 459. The van der Waals surface area contributed by atoms with Gasteiger partial charge in [-0.2, -0.15) is 0 Å². The molecule has 2 heteroatoms. The van der Waals surface area contributed by atoms with Crippen LogP contribution in [0.4, 0.5) is 5.69 Å². The summed E-state index contributed by atoms with van der Waals surface area (Å²) in [4.78, 5) is 2.39. The Labute approximate surface area is 117 Å². The van der Waals surface area contributed by atoms with Gasteiger partial charge in [-0.3, -0.25) is 0 Å². The Morgan fingerprint density at radius 1 is 1.11 bits per heavy atom. The number of rotatable bonds is 2. The van der Waals surface area contributed by atoms with E-state index in [4.69, 9.17) is 5.73 Å². The van der Waals surface area contributed by atoms with Gasteiger partial charge in [0.05, 0.1) is 0 Å². The first-order chi connectivity index (χ1) is 9.15. The summed E-state index contributed by atoms with van der Waals surface area (Å²) in [6.45, 7) is 0. The van der Waals surface area contributed by atoms with E-state index in [0.29, 0.717) is 6.04 Å². The van der Waals surface area contributed by atoms with Gasteiger partial charge in [0.15, 0.2) is 0 Å². The van der Waals surface area contributed by atoms with Crippen LogP contribution < -0.4 is 5.73 Å². The van der Waals surface area contributed by atoms with Gasteiger partial charge in [0.2, 0.25) is 0 Å². The lowest BCUT2D eigenvalue weighted by Crippen LogP contribution is -2.34. The first kappa shape index (κ1) is 13.0. The molecule has 0 bridgehead atoms. The number of likely N-dealkylation sites (N-methyl/N-ethyl adjacent to an activating group) is 1. The van der Waals surface area contributed by atoms with Crippen LogP contribution in [-0.2, 0) is 12.8 Å². The van der Waals surface area contributed by atoms with Crippen molar-refractivity contribution < 1.29 is 0 Å². The van der Waals surface area contributed by atoms with Crippen molar-refractivity contribution in [2.75, 3.05) is 19.8 Å². The molecular weight excluding hydrogens is 232 g/mol. The van der Waals surface area contributed by atoms with Crippen LogP contribution in [-0.4, -0.2) is 25.0 Å². The maximum absolute atomic E-state index is 6.13. The van der Waals surface area contributed by atoms with Gasteiger partial charge in [-0.05, 0) is 80.9 Å². The maximum Gasteiger partial charge on any atom is 0.0319 e. The zero-order valence-electron chi connectivity index (χ0n) is 12.3. The van der Waals surface area contributed by atoms with Crippen LogP contribution in [0.2, 0.25) is 0 Å². The van der Waals surface area contributed by atoms with E-state index in [1.807, 2.05) is 0 Å². The Morgan fingerprint density at radius 3 is 2.53 bits per heavy atom. The molecule has 2 nitrogen and oxygen atoms in total. The summed E-state index contributed by atoms with van der Waals surface area (Å²) in [5.74, 6) is 0.776. The molecule has 0 spiro atoms. The molecule has 0 saturated heterocycles. The predicted octanol–water partition coefficient (Wildman–Crippen LogP) is 3.35. The third kappa shape index (κ3) is 2.51. The van der Waals surface area contributed by atoms with E-state index in [1.165, 1.54) is 50.5 Å². The van der Waals surface area contributed by atoms with Crippen molar-refractivity contribution in [3.05, 3.63) is 28.8 Å². The van der Waals surface area contributed by atoms with E-state index in [9.17, 15) is 0 Å². The first-order valence-corrected chi connectivity index (χ1v) is 7.72. The molecule has 1 unspecified atom stereocenters. The van der Waals surface area contributed by atoms with Crippen molar-refractivity contribution in [1.82, 2.24) is 4.90 Å². The summed E-state index contributed by atoms with van der Waals surface area (Å²) in [5, 5.41) is 0. The van der Waals surface area contributed by atoms with Crippen LogP contribution >= 0.6 is 0 Å². The van der Waals surface area contributed by atoms with Gasteiger partial charge in [-0.1, -0.05) is 12.8 Å². The van der Waals surface area contributed by atoms with Crippen molar-refractivity contribution in [2.24, 2.45) is 0 Å². The normalized spacial score (nSPS) is 23.8. The average Bonchev–Trinajstić information content (AvgIpc) is 2.90. The minimum atomic E-state index is 0.705. The van der Waals surface area contributed by atoms with Gasteiger partial charge in [0, 0.05) is 11.7 Å². The summed E-state index contributed by atoms with van der Waals surface area (Å²) < 4.78 is 0. The van der Waals surface area contributed by atoms with E-state index in [2.05, 4.69) is 31.1 Å². The summed E-state index contributed by atoms with van der Waals surface area (Å²) >= 11 is 0. The summed E-state index contributed by atoms with van der Waals surface area (Å²) in [5.41, 5.74) is 11.9. The van der Waals surface area contributed by atoms with Crippen LogP contribution in [0.15, 0.2) is 12.1 Å². The van der Waals surface area contributed by atoms with E-state index in [0.717, 1.165) is 11.6 Å². The fourth-order valence-electron chi connectivity index (χ4n) is 3.96. The molecule has 0 amide bonds. The van der Waals surface area contributed by atoms with Crippen molar-refractivity contribution >= 4 is 5.69 Å². The summed E-state index contributed by atoms with van der Waals surface area (Å²) in [6, 6.07) is 5.20. The minimum Gasteiger partial charge on any atom is -0.399 e. The molecular formula is C17H26N2. The molecule has 1 saturated carbocycles. The maximum atomic E-state index is 6.13. The van der Waals surface area contributed by atoms with Crippen molar-refractivity contribution in [2.45, 2.75) is 56.9 Å². The highest BCUT2D eigenvalue weighted by Crippen LogP contribution is 2.40. The number of nitrogens with zero attached hydrogens (tertiary/aromatic N) is 1. The Kier molecular flexibility index (Phi) is 3.53. The van der Waals surface area contributed by atoms with Gasteiger partial charge in [0.1, 0.15) is 0 Å². The SMILES string of the molecule is CN(C)C1CCc2cc(N)cc(C3CCCC3)c2C1. The van der Waals surface area contributed by atoms with Gasteiger partial charge < -0.3 is 10.6 Å². The summed E-state index contributed by atoms with van der Waals surface area (Å²) in [7, 11) is 4.42. The van der Waals surface area contributed by atoms with Crippen molar-refractivity contribution in [3.63, 3.8) is 0 Å². The number of nitrogen functional groups attached to an aromatic ring is 1. The highest BCUT2D eigenvalue weighted by atomic mass is 15.1. The van der Waals surface area contributed by atoms with Crippen LogP contribution in [0.25, 0.3) is 0 Å². The Balaban J connectivity index is 1.97. The van der Waals surface area contributed by atoms with E-state index in [1.54, 1.807) is 11.1 Å². The Hall–Kier alpha value is -1.02. The zero-order valence-corrected chi connectivity index (χ0v) is 12.3. The van der Waals surface area contributed by atoms with Gasteiger partial charge >= 0.3 is 0 Å².